The smallest absolute Gasteiger partial charge is 0.0587 e. The van der Waals surface area contributed by atoms with Gasteiger partial charge in [0.1, 0.15) is 0 Å². The van der Waals surface area contributed by atoms with Crippen molar-refractivity contribution in [1.82, 2.24) is 5.01 Å². The van der Waals surface area contributed by atoms with Crippen molar-refractivity contribution in [2.24, 2.45) is 16.8 Å². The molecule has 0 fully saturated rings. The summed E-state index contributed by atoms with van der Waals surface area (Å²) < 4.78 is 0. The van der Waals surface area contributed by atoms with Crippen LogP contribution in [0.5, 0.6) is 0 Å². The molecule has 58 valence electrons. The van der Waals surface area contributed by atoms with Gasteiger partial charge in [0, 0.05) is 24.0 Å². The van der Waals surface area contributed by atoms with Gasteiger partial charge in [-0.25, -0.2) is 5.84 Å². The highest BCUT2D eigenvalue weighted by atomic mass is 15.4. The van der Waals surface area contributed by atoms with Gasteiger partial charge in [-0.1, -0.05) is 6.08 Å². The van der Waals surface area contributed by atoms with Crippen molar-refractivity contribution in [1.29, 1.82) is 0 Å². The average molecular weight is 149 g/mol. The van der Waals surface area contributed by atoms with Crippen molar-refractivity contribution < 1.29 is 0 Å². The van der Waals surface area contributed by atoms with Gasteiger partial charge in [0.2, 0.25) is 0 Å². The van der Waals surface area contributed by atoms with E-state index in [9.17, 15) is 0 Å². The quantitative estimate of drug-likeness (QED) is 0.514. The molecule has 0 radical (unpaired) electrons. The Bertz CT molecular complexity index is 240. The zero-order chi connectivity index (χ0) is 7.68. The first-order valence-electron chi connectivity index (χ1n) is 3.78. The Kier molecular flexibility index (Phi) is 1.51. The van der Waals surface area contributed by atoms with Gasteiger partial charge in [0.25, 0.3) is 0 Å². The Labute approximate surface area is 65.9 Å². The molecule has 0 saturated carbocycles. The molecule has 1 unspecified atom stereocenters. The van der Waals surface area contributed by atoms with Crippen LogP contribution >= 0.6 is 0 Å². The molecule has 0 saturated heterocycles. The highest BCUT2D eigenvalue weighted by molar-refractivity contribution is 5.67. The Morgan fingerprint density at radius 2 is 2.55 bits per heavy atom. The molecule has 3 nitrogen and oxygen atoms in total. The van der Waals surface area contributed by atoms with E-state index in [1.165, 1.54) is 5.70 Å². The average Bonchev–Trinajstić information content (AvgIpc) is 2.06. The summed E-state index contributed by atoms with van der Waals surface area (Å²) in [6.07, 6.45) is 9.07. The minimum Gasteiger partial charge on any atom is -0.293 e. The number of hydrazine groups is 1. The number of nitrogens with zero attached hydrogens (tertiary/aromatic N) is 2. The van der Waals surface area contributed by atoms with Gasteiger partial charge < -0.3 is 0 Å². The van der Waals surface area contributed by atoms with Crippen LogP contribution in [0.2, 0.25) is 0 Å². The summed E-state index contributed by atoms with van der Waals surface area (Å²) in [6, 6.07) is 0. The summed E-state index contributed by atoms with van der Waals surface area (Å²) in [4.78, 5) is 4.18. The molecule has 0 bridgehead atoms. The highest BCUT2D eigenvalue weighted by Gasteiger charge is 2.19. The zero-order valence-electron chi connectivity index (χ0n) is 6.27. The number of nitrogens with two attached hydrogens (primary N) is 1. The molecule has 0 spiro atoms. The fourth-order valence-corrected chi connectivity index (χ4v) is 1.45. The van der Waals surface area contributed by atoms with Crippen LogP contribution in [0.3, 0.4) is 0 Å². The van der Waals surface area contributed by atoms with E-state index in [1.807, 2.05) is 12.4 Å². The van der Waals surface area contributed by atoms with Gasteiger partial charge in [0.15, 0.2) is 0 Å². The summed E-state index contributed by atoms with van der Waals surface area (Å²) in [5, 5.41) is 1.68. The van der Waals surface area contributed by atoms with Gasteiger partial charge in [0.05, 0.1) is 6.54 Å². The second-order valence-corrected chi connectivity index (χ2v) is 2.78. The molecule has 0 aromatic rings. The Balaban J connectivity index is 2.28. The number of hydrogen-bond donors (Lipinski definition) is 1. The first-order valence-corrected chi connectivity index (χ1v) is 3.78. The maximum absolute atomic E-state index is 5.71. The van der Waals surface area contributed by atoms with Crippen LogP contribution in [0.4, 0.5) is 0 Å². The molecular formula is C8H11N3. The van der Waals surface area contributed by atoms with Crippen LogP contribution < -0.4 is 5.84 Å². The lowest BCUT2D eigenvalue weighted by Gasteiger charge is -2.28. The molecule has 1 atom stereocenters. The molecule has 0 amide bonds. The van der Waals surface area contributed by atoms with E-state index in [0.29, 0.717) is 5.92 Å². The molecule has 0 aromatic heterocycles. The van der Waals surface area contributed by atoms with E-state index in [0.717, 1.165) is 13.0 Å². The van der Waals surface area contributed by atoms with E-state index < -0.39 is 0 Å². The predicted octanol–water partition coefficient (Wildman–Crippen LogP) is 0.664. The maximum atomic E-state index is 5.71. The highest BCUT2D eigenvalue weighted by Crippen LogP contribution is 2.22. The molecule has 2 heterocycles. The second kappa shape index (κ2) is 2.51. The third kappa shape index (κ3) is 1.07. The number of rotatable bonds is 0. The van der Waals surface area contributed by atoms with Gasteiger partial charge >= 0.3 is 0 Å². The number of dihydropyridines is 1. The minimum atomic E-state index is 0.416. The van der Waals surface area contributed by atoms with E-state index in [1.54, 1.807) is 5.01 Å². The third-order valence-electron chi connectivity index (χ3n) is 2.03. The fourth-order valence-electron chi connectivity index (χ4n) is 1.45. The van der Waals surface area contributed by atoms with Crippen LogP contribution in [-0.4, -0.2) is 17.8 Å². The number of allylic oxidation sites excluding steroid dienone is 2. The normalized spacial score (nSPS) is 28.3. The zero-order valence-corrected chi connectivity index (χ0v) is 6.27. The van der Waals surface area contributed by atoms with E-state index >= 15 is 0 Å². The summed E-state index contributed by atoms with van der Waals surface area (Å²) in [7, 11) is 0. The van der Waals surface area contributed by atoms with Crippen LogP contribution in [0.1, 0.15) is 6.42 Å². The lowest BCUT2D eigenvalue weighted by Crippen LogP contribution is -2.33. The summed E-state index contributed by atoms with van der Waals surface area (Å²) in [5.41, 5.74) is 1.18. The molecule has 0 aliphatic carbocycles. The number of aliphatic imine (C=N–C) groups is 1. The first-order chi connectivity index (χ1) is 5.38. The third-order valence-corrected chi connectivity index (χ3v) is 2.03. The minimum absolute atomic E-state index is 0.416. The summed E-state index contributed by atoms with van der Waals surface area (Å²) in [6.45, 7) is 0.771. The topological polar surface area (TPSA) is 41.6 Å². The van der Waals surface area contributed by atoms with E-state index in [2.05, 4.69) is 17.1 Å². The van der Waals surface area contributed by atoms with Gasteiger partial charge in [-0.2, -0.15) is 0 Å². The molecule has 2 aliphatic rings. The van der Waals surface area contributed by atoms with Gasteiger partial charge in [-0.3, -0.25) is 10.0 Å². The molecule has 2 N–H and O–H groups in total. The van der Waals surface area contributed by atoms with Crippen molar-refractivity contribution in [3.63, 3.8) is 0 Å². The van der Waals surface area contributed by atoms with Crippen LogP contribution in [0.25, 0.3) is 0 Å². The van der Waals surface area contributed by atoms with Crippen molar-refractivity contribution in [3.8, 4) is 0 Å². The van der Waals surface area contributed by atoms with Crippen molar-refractivity contribution in [2.75, 3.05) is 6.54 Å². The molecule has 11 heavy (non-hydrogen) atoms. The molecule has 0 aromatic carbocycles. The van der Waals surface area contributed by atoms with Crippen molar-refractivity contribution >= 4 is 6.21 Å². The van der Waals surface area contributed by atoms with Gasteiger partial charge in [-0.05, 0) is 12.5 Å². The SMILES string of the molecule is NN1C=CCC2C=NCC=C21. The Hall–Kier alpha value is -1.09. The summed E-state index contributed by atoms with van der Waals surface area (Å²) >= 11 is 0. The largest absolute Gasteiger partial charge is 0.293 e. The second-order valence-electron chi connectivity index (χ2n) is 2.78. The maximum Gasteiger partial charge on any atom is 0.0587 e. The van der Waals surface area contributed by atoms with Crippen LogP contribution in [-0.2, 0) is 0 Å². The monoisotopic (exact) mass is 149 g/mol. The lowest BCUT2D eigenvalue weighted by molar-refractivity contribution is 0.423. The first kappa shape index (κ1) is 6.61. The fraction of sp³-hybridized carbons (Fsp3) is 0.375. The number of hydrogen-bond acceptors (Lipinski definition) is 3. The van der Waals surface area contributed by atoms with Crippen molar-refractivity contribution in [2.45, 2.75) is 6.42 Å². The molecular weight excluding hydrogens is 138 g/mol. The van der Waals surface area contributed by atoms with Gasteiger partial charge in [-0.15, -0.1) is 0 Å². The Morgan fingerprint density at radius 1 is 1.64 bits per heavy atom. The van der Waals surface area contributed by atoms with Crippen LogP contribution in [0.15, 0.2) is 29.0 Å². The molecule has 2 rings (SSSR count). The number of fused-ring (bicyclic) bond motifs is 1. The molecule has 3 heteroatoms. The summed E-state index contributed by atoms with van der Waals surface area (Å²) in [5.74, 6) is 6.12. The predicted molar refractivity (Wildman–Crippen MR) is 44.7 cm³/mol. The lowest BCUT2D eigenvalue weighted by atomic mass is 9.98. The van der Waals surface area contributed by atoms with Crippen molar-refractivity contribution in [3.05, 3.63) is 24.0 Å². The molecule has 2 aliphatic heterocycles. The van der Waals surface area contributed by atoms with Crippen LogP contribution in [0, 0.1) is 5.92 Å². The standard InChI is InChI=1S/C8H11N3/c9-11-5-1-2-7-6-10-4-3-8(7)11/h1,3,5-7H,2,4,9H2. The van der Waals surface area contributed by atoms with E-state index in [4.69, 9.17) is 5.84 Å². The Morgan fingerprint density at radius 3 is 3.36 bits per heavy atom. The van der Waals surface area contributed by atoms with E-state index in [-0.39, 0.29) is 0 Å².